The van der Waals surface area contributed by atoms with E-state index in [1.165, 1.54) is 0 Å². The largest absolute Gasteiger partial charge is 0.481 e. The van der Waals surface area contributed by atoms with Crippen molar-refractivity contribution in [3.63, 3.8) is 0 Å². The molecular weight excluding hydrogens is 875 g/mol. The number of nitrogens with one attached hydrogen (secondary N) is 7. The number of primary amides is 1. The first-order valence-electron chi connectivity index (χ1n) is 19.2. The maximum Gasteiger partial charge on any atom is 0.327 e. The normalized spacial score (nSPS) is 14.7. The van der Waals surface area contributed by atoms with Gasteiger partial charge in [-0.05, 0) is 24.3 Å². The van der Waals surface area contributed by atoms with Crippen molar-refractivity contribution in [2.45, 2.75) is 101 Å². The molecule has 26 heteroatoms. The summed E-state index contributed by atoms with van der Waals surface area (Å²) in [5.41, 5.74) is 11.5. The molecule has 1 aromatic rings. The van der Waals surface area contributed by atoms with Crippen molar-refractivity contribution < 1.29 is 73.2 Å². The van der Waals surface area contributed by atoms with Gasteiger partial charge in [0.25, 0.3) is 0 Å². The third kappa shape index (κ3) is 20.6. The zero-order valence-corrected chi connectivity index (χ0v) is 36.1. The van der Waals surface area contributed by atoms with Crippen LogP contribution < -0.4 is 48.7 Å². The van der Waals surface area contributed by atoms with Crippen molar-refractivity contribution in [2.75, 3.05) is 18.1 Å². The molecule has 15 N–H and O–H groups in total. The Balaban J connectivity index is 3.40. The Morgan fingerprint density at radius 1 is 0.571 bits per heavy atom. The van der Waals surface area contributed by atoms with E-state index in [9.17, 15) is 73.2 Å². The van der Waals surface area contributed by atoms with Crippen LogP contribution in [0.1, 0.15) is 51.5 Å². The number of hydrogen-bond donors (Lipinski definition) is 15. The van der Waals surface area contributed by atoms with E-state index in [4.69, 9.17) is 11.5 Å². The van der Waals surface area contributed by atoms with Crippen LogP contribution >= 0.6 is 25.3 Å². The van der Waals surface area contributed by atoms with Gasteiger partial charge >= 0.3 is 17.9 Å². The summed E-state index contributed by atoms with van der Waals surface area (Å²) in [6.07, 6.45) is -3.61. The first kappa shape index (κ1) is 55.0. The topological polar surface area (TPSA) is 405 Å². The minimum atomic E-state index is -2.07. The molecule has 0 aliphatic rings. The van der Waals surface area contributed by atoms with Crippen LogP contribution in [0.4, 0.5) is 0 Å². The van der Waals surface area contributed by atoms with Crippen LogP contribution in [0.15, 0.2) is 30.3 Å². The summed E-state index contributed by atoms with van der Waals surface area (Å²) in [6.45, 7) is 2.42. The van der Waals surface area contributed by atoms with Crippen LogP contribution in [0.5, 0.6) is 0 Å². The van der Waals surface area contributed by atoms with Crippen LogP contribution in [0.2, 0.25) is 0 Å². The number of carbonyl (C=O) groups is 11. The van der Waals surface area contributed by atoms with E-state index in [2.05, 4.69) is 51.8 Å². The number of carbonyl (C=O) groups excluding carboxylic acids is 8. The number of nitrogens with two attached hydrogens (primary N) is 2. The number of hydrogen-bond acceptors (Lipinski definition) is 15. The molecule has 0 saturated carbocycles. The summed E-state index contributed by atoms with van der Waals surface area (Å²) >= 11 is 7.81. The monoisotopic (exact) mass is 929 g/mol. The van der Waals surface area contributed by atoms with Crippen LogP contribution in [-0.2, 0) is 59.2 Å². The van der Waals surface area contributed by atoms with Crippen LogP contribution in [-0.4, -0.2) is 152 Å². The van der Waals surface area contributed by atoms with Gasteiger partial charge in [0.2, 0.25) is 47.3 Å². The Kier molecular flexibility index (Phi) is 24.3. The smallest absolute Gasteiger partial charge is 0.327 e. The first-order chi connectivity index (χ1) is 29.5. The zero-order chi connectivity index (χ0) is 48.0. The summed E-state index contributed by atoms with van der Waals surface area (Å²) in [4.78, 5) is 139. The number of rotatable bonds is 29. The molecular formula is C37H55N9O15S2. The highest BCUT2D eigenvalue weighted by molar-refractivity contribution is 7.80. The van der Waals surface area contributed by atoms with E-state index < -0.39 is 152 Å². The molecule has 0 saturated heterocycles. The number of aliphatic carboxylic acids is 3. The molecule has 0 bridgehead atoms. The van der Waals surface area contributed by atoms with Gasteiger partial charge in [0.1, 0.15) is 42.3 Å². The molecule has 0 aliphatic heterocycles. The Morgan fingerprint density at radius 3 is 1.49 bits per heavy atom. The van der Waals surface area contributed by atoms with Gasteiger partial charge in [-0.1, -0.05) is 44.2 Å². The van der Waals surface area contributed by atoms with E-state index in [0.29, 0.717) is 5.56 Å². The summed E-state index contributed by atoms with van der Waals surface area (Å²) in [6, 6.07) is -4.72. The van der Waals surface area contributed by atoms with Gasteiger partial charge in [-0.15, -0.1) is 0 Å². The Bertz CT molecular complexity index is 1810. The van der Waals surface area contributed by atoms with E-state index in [1.807, 2.05) is 10.6 Å². The second-order valence-electron chi connectivity index (χ2n) is 14.4. The van der Waals surface area contributed by atoms with Gasteiger partial charge in [0.05, 0.1) is 25.5 Å². The number of carboxylic acid groups (broad SMARTS) is 3. The Hall–Kier alpha value is -5.99. The predicted molar refractivity (Wildman–Crippen MR) is 226 cm³/mol. The van der Waals surface area contributed by atoms with E-state index in [0.717, 1.165) is 0 Å². The molecule has 0 spiro atoms. The van der Waals surface area contributed by atoms with Crippen LogP contribution in [0.3, 0.4) is 0 Å². The van der Waals surface area contributed by atoms with Crippen molar-refractivity contribution in [3.8, 4) is 0 Å². The van der Waals surface area contributed by atoms with Crippen molar-refractivity contribution in [2.24, 2.45) is 17.4 Å². The first-order valence-corrected chi connectivity index (χ1v) is 20.5. The number of amides is 8. The lowest BCUT2D eigenvalue weighted by molar-refractivity contribution is -0.142. The molecule has 0 fully saturated rings. The molecule has 0 unspecified atom stereocenters. The van der Waals surface area contributed by atoms with Gasteiger partial charge in [-0.3, -0.25) is 47.9 Å². The lowest BCUT2D eigenvalue weighted by Gasteiger charge is -2.27. The highest BCUT2D eigenvalue weighted by atomic mass is 32.1. The second-order valence-corrected chi connectivity index (χ2v) is 15.2. The van der Waals surface area contributed by atoms with Gasteiger partial charge in [-0.25, -0.2) is 4.79 Å². The maximum absolute atomic E-state index is 13.7. The van der Waals surface area contributed by atoms with Gasteiger partial charge in [0, 0.05) is 24.3 Å². The number of aliphatic hydroxyl groups excluding tert-OH is 1. The van der Waals surface area contributed by atoms with E-state index >= 15 is 0 Å². The third-order valence-corrected chi connectivity index (χ3v) is 9.49. The lowest BCUT2D eigenvalue weighted by atomic mass is 10.0. The summed E-state index contributed by atoms with van der Waals surface area (Å²) in [5, 5.41) is 53.8. The molecule has 0 aliphatic carbocycles. The Morgan fingerprint density at radius 2 is 1.02 bits per heavy atom. The number of aliphatic hydroxyl groups is 1. The summed E-state index contributed by atoms with van der Waals surface area (Å²) in [5.74, 6) is -14.2. The second kappa shape index (κ2) is 27.9. The molecule has 1 rings (SSSR count). The molecule has 1 aromatic carbocycles. The highest BCUT2D eigenvalue weighted by Gasteiger charge is 2.35. The van der Waals surface area contributed by atoms with Crippen molar-refractivity contribution in [1.29, 1.82) is 0 Å². The molecule has 63 heavy (non-hydrogen) atoms. The molecule has 0 radical (unpaired) electrons. The predicted octanol–water partition coefficient (Wildman–Crippen LogP) is -4.85. The fourth-order valence-corrected chi connectivity index (χ4v) is 5.88. The number of thiol groups is 2. The molecule has 0 aromatic heterocycles. The SMILES string of the molecule is CC(C)C[C@H](NC(=O)[C@@H](N)CS)C(=O)N[C@@H](Cc1ccccc1)C(=O)N[C@@H](CO)C(=O)N[C@@H](CC(=O)O)C(=O)N[C@@H](CCC(=O)O)C(=O)N[C@@H](CC(N)=O)C(=O)N[C@@H](CS)C(=O)O. The van der Waals surface area contributed by atoms with Crippen molar-refractivity contribution in [3.05, 3.63) is 35.9 Å². The third-order valence-electron chi connectivity index (χ3n) is 8.73. The summed E-state index contributed by atoms with van der Waals surface area (Å²) < 4.78 is 0. The fourth-order valence-electron chi connectivity index (χ4n) is 5.47. The molecule has 0 heterocycles. The molecule has 8 atom stereocenters. The fraction of sp³-hybridized carbons (Fsp3) is 0.541. The van der Waals surface area contributed by atoms with Crippen LogP contribution in [0, 0.1) is 5.92 Å². The number of benzene rings is 1. The van der Waals surface area contributed by atoms with E-state index in [-0.39, 0.29) is 24.5 Å². The molecule has 24 nitrogen and oxygen atoms in total. The van der Waals surface area contributed by atoms with Gasteiger partial charge < -0.3 is 69.1 Å². The minimum Gasteiger partial charge on any atom is -0.481 e. The zero-order valence-electron chi connectivity index (χ0n) is 34.3. The maximum atomic E-state index is 13.7. The highest BCUT2D eigenvalue weighted by Crippen LogP contribution is 2.10. The summed E-state index contributed by atoms with van der Waals surface area (Å²) in [7, 11) is 0. The average molecular weight is 930 g/mol. The van der Waals surface area contributed by atoms with E-state index in [1.54, 1.807) is 44.2 Å². The Labute approximate surface area is 372 Å². The van der Waals surface area contributed by atoms with Crippen molar-refractivity contribution in [1.82, 2.24) is 37.2 Å². The van der Waals surface area contributed by atoms with Gasteiger partial charge in [0.15, 0.2) is 0 Å². The van der Waals surface area contributed by atoms with Gasteiger partial charge in [-0.2, -0.15) is 25.3 Å². The average Bonchev–Trinajstić information content (AvgIpc) is 3.21. The van der Waals surface area contributed by atoms with Crippen LogP contribution in [0.25, 0.3) is 0 Å². The standard InChI is InChI=1S/C37H55N9O15S2/c1-17(2)10-21(41-30(53)19(38)15-62)32(55)42-22(11-18-6-4-3-5-7-18)33(56)45-25(14-47)36(59)44-24(13-29(51)52)35(58)40-20(8-9-28(49)50)31(54)43-23(12-27(39)48)34(57)46-26(16-63)37(60)61/h3-7,17,19-26,47,62-63H,8-16,38H2,1-2H3,(H2,39,48)(H,40,58)(H,41,53)(H,42,55)(H,43,54)(H,44,59)(H,45,56)(H,46,57)(H,49,50)(H,51,52)(H,60,61)/t19-,20-,21-,22-,23-,24-,25-,26-/m0/s1. The molecule has 350 valence electrons. The quantitative estimate of drug-likeness (QED) is 0.0335. The lowest BCUT2D eigenvalue weighted by Crippen LogP contribution is -2.61. The molecule has 8 amide bonds. The van der Waals surface area contributed by atoms with Crippen molar-refractivity contribution >= 4 is 90.4 Å². The number of carboxylic acids is 3. The minimum absolute atomic E-state index is 0.0326.